The van der Waals surface area contributed by atoms with Crippen molar-refractivity contribution in [1.29, 1.82) is 0 Å². The molecule has 7 heteroatoms. The molecule has 0 spiro atoms. The Morgan fingerprint density at radius 1 is 1.00 bits per heavy atom. The van der Waals surface area contributed by atoms with Crippen molar-refractivity contribution in [3.8, 4) is 5.69 Å². The van der Waals surface area contributed by atoms with Gasteiger partial charge in [-0.3, -0.25) is 18.7 Å². The Hall–Kier alpha value is -2.83. The number of hydrogen-bond donors (Lipinski definition) is 1. The number of aromatic nitrogens is 2. The quantitative estimate of drug-likeness (QED) is 0.838. The predicted octanol–water partition coefficient (Wildman–Crippen LogP) is 2.12. The molecule has 1 amide bonds. The number of nitrogens with zero attached hydrogens (tertiary/aromatic N) is 3. The lowest BCUT2D eigenvalue weighted by molar-refractivity contribution is -0.126. The fourth-order valence-corrected chi connectivity index (χ4v) is 4.80. The first-order valence-electron chi connectivity index (χ1n) is 10.9. The van der Waals surface area contributed by atoms with E-state index < -0.39 is 0 Å². The van der Waals surface area contributed by atoms with E-state index in [1.165, 1.54) is 24.5 Å². The van der Waals surface area contributed by atoms with E-state index in [-0.39, 0.29) is 23.1 Å². The van der Waals surface area contributed by atoms with Gasteiger partial charge in [0, 0.05) is 32.1 Å². The minimum absolute atomic E-state index is 0.00830. The Kier molecular flexibility index (Phi) is 5.79. The molecule has 1 aliphatic carbocycles. The van der Waals surface area contributed by atoms with Crippen molar-refractivity contribution < 1.29 is 4.79 Å². The summed E-state index contributed by atoms with van der Waals surface area (Å²) in [7, 11) is 1.52. The van der Waals surface area contributed by atoms with Crippen LogP contribution in [0.25, 0.3) is 5.69 Å². The molecule has 30 heavy (non-hydrogen) atoms. The standard InChI is InChI=1S/C23H30N4O3/c1-16-20(22(29)25(2)23(30)27(16)19-10-4-3-5-11-19)26-14-12-17(13-15-26)21(28)24-18-8-6-7-9-18/h3-5,10-11,17-18H,6-9,12-15H2,1-2H3,(H,24,28). The van der Waals surface area contributed by atoms with Crippen LogP contribution in [0.1, 0.15) is 44.2 Å². The summed E-state index contributed by atoms with van der Waals surface area (Å²) in [5.41, 5.74) is 1.30. The maximum atomic E-state index is 13.0. The molecule has 4 rings (SSSR count). The minimum atomic E-state index is -0.349. The number of carbonyl (C=O) groups is 1. The number of nitrogens with one attached hydrogen (secondary N) is 1. The average molecular weight is 411 g/mol. The fourth-order valence-electron chi connectivity index (χ4n) is 4.80. The summed E-state index contributed by atoms with van der Waals surface area (Å²) in [4.78, 5) is 40.4. The van der Waals surface area contributed by atoms with Crippen molar-refractivity contribution in [1.82, 2.24) is 14.5 Å². The lowest BCUT2D eigenvalue weighted by Gasteiger charge is -2.34. The molecule has 160 valence electrons. The topological polar surface area (TPSA) is 76.3 Å². The van der Waals surface area contributed by atoms with Crippen LogP contribution in [0.2, 0.25) is 0 Å². The van der Waals surface area contributed by atoms with Crippen LogP contribution in [0, 0.1) is 12.8 Å². The van der Waals surface area contributed by atoms with E-state index in [1.807, 2.05) is 42.2 Å². The molecule has 2 aliphatic rings. The molecule has 0 bridgehead atoms. The maximum absolute atomic E-state index is 13.0. The van der Waals surface area contributed by atoms with Crippen LogP contribution < -0.4 is 21.5 Å². The molecular formula is C23H30N4O3. The first kappa shape index (κ1) is 20.4. The summed E-state index contributed by atoms with van der Waals surface area (Å²) in [6.07, 6.45) is 5.99. The molecule has 7 nitrogen and oxygen atoms in total. The number of hydrogen-bond acceptors (Lipinski definition) is 4. The monoisotopic (exact) mass is 410 g/mol. The lowest BCUT2D eigenvalue weighted by atomic mass is 9.95. The van der Waals surface area contributed by atoms with E-state index in [4.69, 9.17) is 0 Å². The molecule has 1 aromatic carbocycles. The number of amides is 1. The number of anilines is 1. The Morgan fingerprint density at radius 2 is 1.63 bits per heavy atom. The highest BCUT2D eigenvalue weighted by molar-refractivity contribution is 5.79. The first-order valence-corrected chi connectivity index (χ1v) is 10.9. The number of carbonyl (C=O) groups excluding carboxylic acids is 1. The lowest BCUT2D eigenvalue weighted by Crippen LogP contribution is -2.47. The van der Waals surface area contributed by atoms with Crippen molar-refractivity contribution in [2.24, 2.45) is 13.0 Å². The Morgan fingerprint density at radius 3 is 2.27 bits per heavy atom. The third kappa shape index (κ3) is 3.80. The molecule has 1 saturated carbocycles. The molecule has 2 aromatic rings. The second-order valence-corrected chi connectivity index (χ2v) is 8.50. The van der Waals surface area contributed by atoms with Crippen molar-refractivity contribution in [3.05, 3.63) is 56.9 Å². The van der Waals surface area contributed by atoms with Gasteiger partial charge in [-0.1, -0.05) is 31.0 Å². The van der Waals surface area contributed by atoms with Crippen LogP contribution in [-0.2, 0) is 11.8 Å². The van der Waals surface area contributed by atoms with Crippen molar-refractivity contribution in [2.75, 3.05) is 18.0 Å². The third-order valence-electron chi connectivity index (χ3n) is 6.56. The second kappa shape index (κ2) is 8.50. The average Bonchev–Trinajstić information content (AvgIpc) is 3.27. The van der Waals surface area contributed by atoms with Crippen molar-refractivity contribution in [3.63, 3.8) is 0 Å². The molecule has 0 atom stereocenters. The van der Waals surface area contributed by atoms with Crippen LogP contribution in [-0.4, -0.2) is 34.2 Å². The molecule has 1 aromatic heterocycles. The fraction of sp³-hybridized carbons (Fsp3) is 0.522. The molecule has 0 unspecified atom stereocenters. The number of rotatable bonds is 4. The molecule has 1 saturated heterocycles. The summed E-state index contributed by atoms with van der Waals surface area (Å²) < 4.78 is 2.77. The van der Waals surface area contributed by atoms with Gasteiger partial charge in [0.05, 0.1) is 11.4 Å². The van der Waals surface area contributed by atoms with Crippen molar-refractivity contribution in [2.45, 2.75) is 51.5 Å². The first-order chi connectivity index (χ1) is 14.5. The van der Waals surface area contributed by atoms with Gasteiger partial charge in [-0.25, -0.2) is 4.79 Å². The van der Waals surface area contributed by atoms with Crippen LogP contribution in [0.5, 0.6) is 0 Å². The van der Waals surface area contributed by atoms with E-state index in [1.54, 1.807) is 4.57 Å². The van der Waals surface area contributed by atoms with Gasteiger partial charge in [0.25, 0.3) is 5.56 Å². The highest BCUT2D eigenvalue weighted by atomic mass is 16.2. The van der Waals surface area contributed by atoms with Crippen LogP contribution in [0.4, 0.5) is 5.69 Å². The van der Waals surface area contributed by atoms with Gasteiger partial charge in [0.2, 0.25) is 5.91 Å². The summed E-state index contributed by atoms with van der Waals surface area (Å²) in [5.74, 6) is 0.145. The van der Waals surface area contributed by atoms with Crippen LogP contribution >= 0.6 is 0 Å². The van der Waals surface area contributed by atoms with E-state index in [0.29, 0.717) is 43.4 Å². The van der Waals surface area contributed by atoms with E-state index >= 15 is 0 Å². The zero-order chi connectivity index (χ0) is 21.3. The number of benzene rings is 1. The minimum Gasteiger partial charge on any atom is -0.366 e. The zero-order valence-corrected chi connectivity index (χ0v) is 17.8. The normalized spacial score (nSPS) is 18.0. The number of para-hydroxylation sites is 1. The molecule has 0 radical (unpaired) electrons. The molecule has 1 aliphatic heterocycles. The summed E-state index contributed by atoms with van der Waals surface area (Å²) in [5, 5.41) is 3.20. The Bertz CT molecular complexity index is 1030. The zero-order valence-electron chi connectivity index (χ0n) is 17.8. The van der Waals surface area contributed by atoms with E-state index in [0.717, 1.165) is 18.5 Å². The van der Waals surface area contributed by atoms with Crippen LogP contribution in [0.3, 0.4) is 0 Å². The van der Waals surface area contributed by atoms with Gasteiger partial charge in [-0.2, -0.15) is 0 Å². The maximum Gasteiger partial charge on any atom is 0.335 e. The third-order valence-corrected chi connectivity index (χ3v) is 6.56. The molecule has 2 fully saturated rings. The SMILES string of the molecule is Cc1c(N2CCC(C(=O)NC3CCCC3)CC2)c(=O)n(C)c(=O)n1-c1ccccc1. The van der Waals surface area contributed by atoms with Gasteiger partial charge in [-0.05, 0) is 44.7 Å². The van der Waals surface area contributed by atoms with Gasteiger partial charge >= 0.3 is 5.69 Å². The van der Waals surface area contributed by atoms with Gasteiger partial charge in [0.15, 0.2) is 0 Å². The molecule has 1 N–H and O–H groups in total. The Balaban J connectivity index is 1.56. The van der Waals surface area contributed by atoms with E-state index in [2.05, 4.69) is 5.32 Å². The number of piperidine rings is 1. The van der Waals surface area contributed by atoms with Gasteiger partial charge in [0.1, 0.15) is 5.69 Å². The predicted molar refractivity (Wildman–Crippen MR) is 117 cm³/mol. The summed E-state index contributed by atoms with van der Waals surface area (Å²) in [6.45, 7) is 3.08. The summed E-state index contributed by atoms with van der Waals surface area (Å²) in [6, 6.07) is 9.71. The molecule has 2 heterocycles. The van der Waals surface area contributed by atoms with E-state index in [9.17, 15) is 14.4 Å². The van der Waals surface area contributed by atoms with Crippen molar-refractivity contribution >= 4 is 11.6 Å². The second-order valence-electron chi connectivity index (χ2n) is 8.50. The van der Waals surface area contributed by atoms with Crippen LogP contribution in [0.15, 0.2) is 39.9 Å². The Labute approximate surface area is 176 Å². The van der Waals surface area contributed by atoms with Gasteiger partial charge < -0.3 is 10.2 Å². The summed E-state index contributed by atoms with van der Waals surface area (Å²) >= 11 is 0. The highest BCUT2D eigenvalue weighted by Gasteiger charge is 2.30. The largest absolute Gasteiger partial charge is 0.366 e. The van der Waals surface area contributed by atoms with Gasteiger partial charge in [-0.15, -0.1) is 0 Å². The molecular weight excluding hydrogens is 380 g/mol. The highest BCUT2D eigenvalue weighted by Crippen LogP contribution is 2.25. The smallest absolute Gasteiger partial charge is 0.335 e.